The van der Waals surface area contributed by atoms with Crippen molar-refractivity contribution in [2.45, 2.75) is 29.6 Å². The number of sulfonamides is 2. The molecule has 2 saturated heterocycles. The number of anilines is 2. The average molecular weight is 885 g/mol. The quantitative estimate of drug-likeness (QED) is 0.132. The minimum Gasteiger partial charge on any atom is -0.345 e. The van der Waals surface area contributed by atoms with Crippen LogP contribution >= 0.6 is 22.7 Å². The van der Waals surface area contributed by atoms with Gasteiger partial charge in [0, 0.05) is 88.1 Å². The lowest BCUT2D eigenvalue weighted by molar-refractivity contribution is 0.381. The Bertz CT molecular complexity index is 2610. The van der Waals surface area contributed by atoms with E-state index in [9.17, 15) is 34.4 Å². The number of piperazine rings is 2. The molecule has 8 rings (SSSR count). The summed E-state index contributed by atoms with van der Waals surface area (Å²) in [5.74, 6) is -3.75. The second-order valence-corrected chi connectivity index (χ2v) is 19.4. The van der Waals surface area contributed by atoms with Crippen molar-refractivity contribution in [1.82, 2.24) is 18.6 Å². The first-order chi connectivity index (χ1) is 28.3. The van der Waals surface area contributed by atoms with Gasteiger partial charge in [0.2, 0.25) is 20.0 Å². The lowest BCUT2D eigenvalue weighted by Crippen LogP contribution is -2.48. The predicted molar refractivity (Wildman–Crippen MR) is 222 cm³/mol. The first-order valence-electron chi connectivity index (χ1n) is 18.7. The van der Waals surface area contributed by atoms with E-state index in [1.165, 1.54) is 48.0 Å². The zero-order valence-corrected chi connectivity index (χ0v) is 35.1. The molecule has 18 heteroatoms. The number of halogens is 4. The standard InChI is InChI=1S/C21H21F2N3O2S2.C20H19F2N3O2S2/c1-15-4-2-3-5-16(15)12-18-14-29-21(24-18)25-8-10-26(11-9-25)30(27,28)20-7-6-17(22)13-19(20)23;21-16-6-7-19(18(22)13-16)29(26,27)25-10-8-24(9-11-25)20-23-17(14-28-20)12-15-4-2-1-3-5-15/h2-7,13-14H,8-12H2,1H3;1-7,13-14H,8-12H2. The summed E-state index contributed by atoms with van der Waals surface area (Å²) in [6.45, 7) is 4.77. The second kappa shape index (κ2) is 18.3. The van der Waals surface area contributed by atoms with Gasteiger partial charge in [-0.1, -0.05) is 54.6 Å². The van der Waals surface area contributed by atoms with Crippen molar-refractivity contribution in [3.8, 4) is 0 Å². The number of rotatable bonds is 10. The van der Waals surface area contributed by atoms with Gasteiger partial charge in [0.25, 0.3) is 0 Å². The number of aryl methyl sites for hydroxylation is 1. The van der Waals surface area contributed by atoms with Crippen LogP contribution in [0.5, 0.6) is 0 Å². The van der Waals surface area contributed by atoms with E-state index in [-0.39, 0.29) is 26.2 Å². The monoisotopic (exact) mass is 884 g/mol. The molecule has 0 N–H and O–H groups in total. The van der Waals surface area contributed by atoms with Crippen LogP contribution in [0.15, 0.2) is 112 Å². The van der Waals surface area contributed by atoms with Gasteiger partial charge in [-0.3, -0.25) is 0 Å². The number of nitrogens with zero attached hydrogens (tertiary/aromatic N) is 6. The molecule has 2 aromatic heterocycles. The van der Waals surface area contributed by atoms with Crippen LogP contribution in [0.4, 0.5) is 27.8 Å². The van der Waals surface area contributed by atoms with Crippen LogP contribution in [0.2, 0.25) is 0 Å². The molecule has 0 radical (unpaired) electrons. The van der Waals surface area contributed by atoms with Gasteiger partial charge < -0.3 is 9.80 Å². The molecule has 310 valence electrons. The largest absolute Gasteiger partial charge is 0.345 e. The van der Waals surface area contributed by atoms with Crippen LogP contribution in [-0.4, -0.2) is 87.8 Å². The van der Waals surface area contributed by atoms with E-state index in [0.29, 0.717) is 38.3 Å². The zero-order chi connectivity index (χ0) is 41.7. The van der Waals surface area contributed by atoms with Crippen molar-refractivity contribution in [2.75, 3.05) is 62.2 Å². The van der Waals surface area contributed by atoms with E-state index in [1.807, 2.05) is 50.9 Å². The summed E-state index contributed by atoms with van der Waals surface area (Å²) >= 11 is 3.07. The number of hydrogen-bond acceptors (Lipinski definition) is 10. The number of hydrogen-bond donors (Lipinski definition) is 0. The first kappa shape index (κ1) is 42.4. The molecule has 2 aliphatic heterocycles. The molecule has 0 unspecified atom stereocenters. The summed E-state index contributed by atoms with van der Waals surface area (Å²) in [5.41, 5.74) is 5.58. The Balaban J connectivity index is 0.000000179. The van der Waals surface area contributed by atoms with Gasteiger partial charge in [-0.15, -0.1) is 22.7 Å². The van der Waals surface area contributed by atoms with Gasteiger partial charge in [-0.2, -0.15) is 8.61 Å². The molecule has 0 aliphatic carbocycles. The maximum atomic E-state index is 14.0. The fraction of sp³-hybridized carbons (Fsp3) is 0.268. The van der Waals surface area contributed by atoms with Crippen molar-refractivity contribution in [3.05, 3.63) is 153 Å². The van der Waals surface area contributed by atoms with Crippen LogP contribution in [0.1, 0.15) is 28.1 Å². The van der Waals surface area contributed by atoms with Gasteiger partial charge in [-0.25, -0.2) is 44.4 Å². The fourth-order valence-corrected chi connectivity index (χ4v) is 11.4. The zero-order valence-electron chi connectivity index (χ0n) is 31.8. The van der Waals surface area contributed by atoms with Gasteiger partial charge in [0.15, 0.2) is 10.3 Å². The van der Waals surface area contributed by atoms with Gasteiger partial charge in [0.05, 0.1) is 11.4 Å². The molecule has 6 aromatic rings. The Morgan fingerprint density at radius 1 is 0.559 bits per heavy atom. The summed E-state index contributed by atoms with van der Waals surface area (Å²) in [6, 6.07) is 23.3. The van der Waals surface area contributed by atoms with Crippen molar-refractivity contribution >= 4 is 53.0 Å². The number of aromatic nitrogens is 2. The SMILES string of the molecule is Cc1ccccc1Cc1csc(N2CCN(S(=O)(=O)c3ccc(F)cc3F)CC2)n1.O=S(=O)(c1ccc(F)cc1F)N1CCN(c2nc(Cc3ccccc3)cs2)CC1. The molecule has 0 saturated carbocycles. The Morgan fingerprint density at radius 3 is 1.46 bits per heavy atom. The Labute approximate surface area is 349 Å². The number of thiazole rings is 2. The minimum atomic E-state index is -4.01. The molecule has 0 amide bonds. The second-order valence-electron chi connectivity index (χ2n) is 13.9. The minimum absolute atomic E-state index is 0.214. The van der Waals surface area contributed by atoms with Crippen LogP contribution in [-0.2, 0) is 32.9 Å². The molecule has 10 nitrogen and oxygen atoms in total. The maximum absolute atomic E-state index is 14.0. The third-order valence-electron chi connectivity index (χ3n) is 9.98. The van der Waals surface area contributed by atoms with Crippen LogP contribution < -0.4 is 9.80 Å². The van der Waals surface area contributed by atoms with Crippen LogP contribution in [0.3, 0.4) is 0 Å². The lowest BCUT2D eigenvalue weighted by atomic mass is 10.1. The van der Waals surface area contributed by atoms with Gasteiger partial charge >= 0.3 is 0 Å². The van der Waals surface area contributed by atoms with Crippen molar-refractivity contribution in [2.24, 2.45) is 0 Å². The lowest BCUT2D eigenvalue weighted by Gasteiger charge is -2.33. The Hall–Kier alpha value is -4.72. The summed E-state index contributed by atoms with van der Waals surface area (Å²) in [4.78, 5) is 12.5. The smallest absolute Gasteiger partial charge is 0.246 e. The van der Waals surface area contributed by atoms with Crippen molar-refractivity contribution in [1.29, 1.82) is 0 Å². The molecule has 0 atom stereocenters. The summed E-state index contributed by atoms with van der Waals surface area (Å²) in [7, 11) is -8.01. The third kappa shape index (κ3) is 10.0. The van der Waals surface area contributed by atoms with Gasteiger partial charge in [-0.05, 0) is 47.9 Å². The normalized spacial score (nSPS) is 15.5. The topological polar surface area (TPSA) is 107 Å². The summed E-state index contributed by atoms with van der Waals surface area (Å²) in [5, 5.41) is 5.74. The first-order valence-corrected chi connectivity index (χ1v) is 23.3. The third-order valence-corrected chi connectivity index (χ3v) is 15.7. The van der Waals surface area contributed by atoms with Crippen molar-refractivity contribution < 1.29 is 34.4 Å². The van der Waals surface area contributed by atoms with E-state index in [2.05, 4.69) is 36.2 Å². The highest BCUT2D eigenvalue weighted by atomic mass is 32.2. The summed E-state index contributed by atoms with van der Waals surface area (Å²) in [6.07, 6.45) is 1.50. The predicted octanol–water partition coefficient (Wildman–Crippen LogP) is 7.35. The van der Waals surface area contributed by atoms with Crippen LogP contribution in [0, 0.1) is 30.2 Å². The highest BCUT2D eigenvalue weighted by Crippen LogP contribution is 2.28. The van der Waals surface area contributed by atoms with E-state index < -0.39 is 53.1 Å². The molecule has 0 spiro atoms. The highest BCUT2D eigenvalue weighted by molar-refractivity contribution is 7.89. The van der Waals surface area contributed by atoms with Crippen LogP contribution in [0.25, 0.3) is 0 Å². The molecule has 4 aromatic carbocycles. The van der Waals surface area contributed by atoms with E-state index in [4.69, 9.17) is 4.98 Å². The molecular formula is C41H40F4N6O4S4. The van der Waals surface area contributed by atoms with E-state index in [0.717, 1.165) is 58.8 Å². The van der Waals surface area contributed by atoms with E-state index >= 15 is 0 Å². The summed E-state index contributed by atoms with van der Waals surface area (Å²) < 4.78 is 108. The molecule has 2 aliphatic rings. The van der Waals surface area contributed by atoms with Gasteiger partial charge in [0.1, 0.15) is 33.1 Å². The maximum Gasteiger partial charge on any atom is 0.246 e. The number of benzene rings is 4. The molecular weight excluding hydrogens is 845 g/mol. The average Bonchev–Trinajstić information content (AvgIpc) is 3.89. The Kier molecular flexibility index (Phi) is 13.1. The molecule has 4 heterocycles. The van der Waals surface area contributed by atoms with Crippen molar-refractivity contribution in [3.63, 3.8) is 0 Å². The fourth-order valence-electron chi connectivity index (χ4n) is 6.74. The highest BCUT2D eigenvalue weighted by Gasteiger charge is 2.33. The Morgan fingerprint density at radius 2 is 1.00 bits per heavy atom. The molecule has 0 bridgehead atoms. The molecule has 59 heavy (non-hydrogen) atoms. The van der Waals surface area contributed by atoms with E-state index in [1.54, 1.807) is 0 Å². The molecule has 2 fully saturated rings.